The normalized spacial score (nSPS) is 12.0. The highest BCUT2D eigenvalue weighted by Crippen LogP contribution is 2.27. The van der Waals surface area contributed by atoms with Crippen LogP contribution >= 0.6 is 0 Å². The summed E-state index contributed by atoms with van der Waals surface area (Å²) in [6.45, 7) is 0.961. The first-order chi connectivity index (χ1) is 12.1. The second kappa shape index (κ2) is 9.20. The molecular formula is C20H26N2O3. The molecule has 134 valence electrons. The molecule has 0 aromatic heterocycles. The average molecular weight is 342 g/mol. The summed E-state index contributed by atoms with van der Waals surface area (Å²) < 4.78 is 10.5. The molecule has 2 rings (SSSR count). The quantitative estimate of drug-likeness (QED) is 0.710. The molecule has 0 saturated heterocycles. The van der Waals surface area contributed by atoms with Gasteiger partial charge in [-0.3, -0.25) is 4.79 Å². The van der Waals surface area contributed by atoms with E-state index in [1.165, 1.54) is 5.56 Å². The summed E-state index contributed by atoms with van der Waals surface area (Å²) in [5.74, 6) is 1.19. The van der Waals surface area contributed by atoms with Crippen molar-refractivity contribution in [2.45, 2.75) is 6.04 Å². The third-order valence-electron chi connectivity index (χ3n) is 4.14. The van der Waals surface area contributed by atoms with E-state index in [-0.39, 0.29) is 18.4 Å². The predicted molar refractivity (Wildman–Crippen MR) is 99.6 cm³/mol. The molecule has 1 unspecified atom stereocenters. The first-order valence-electron chi connectivity index (χ1n) is 8.24. The summed E-state index contributed by atoms with van der Waals surface area (Å²) in [5.41, 5.74) is 1.82. The number of carbonyl (C=O) groups is 1. The second-order valence-electron chi connectivity index (χ2n) is 6.01. The largest absolute Gasteiger partial charge is 0.493 e. The SMILES string of the molecule is COc1ccc(C(=O)CNCC(c2ccccc2)N(C)C)cc1OC. The van der Waals surface area contributed by atoms with E-state index in [2.05, 4.69) is 22.3 Å². The van der Waals surface area contributed by atoms with Gasteiger partial charge in [0.2, 0.25) is 0 Å². The molecule has 0 heterocycles. The smallest absolute Gasteiger partial charge is 0.176 e. The van der Waals surface area contributed by atoms with Gasteiger partial charge in [-0.15, -0.1) is 0 Å². The number of ketones is 1. The van der Waals surface area contributed by atoms with Crippen LogP contribution in [0, 0.1) is 0 Å². The molecule has 25 heavy (non-hydrogen) atoms. The van der Waals surface area contributed by atoms with Gasteiger partial charge in [0.15, 0.2) is 17.3 Å². The molecule has 5 nitrogen and oxygen atoms in total. The van der Waals surface area contributed by atoms with Crippen LogP contribution in [0.1, 0.15) is 22.0 Å². The van der Waals surface area contributed by atoms with Crippen LogP contribution < -0.4 is 14.8 Å². The van der Waals surface area contributed by atoms with Crippen molar-refractivity contribution in [3.63, 3.8) is 0 Å². The summed E-state index contributed by atoms with van der Waals surface area (Å²) in [7, 11) is 7.21. The number of likely N-dealkylation sites (N-methyl/N-ethyl adjacent to an activating group) is 1. The van der Waals surface area contributed by atoms with Crippen molar-refractivity contribution >= 4 is 5.78 Å². The van der Waals surface area contributed by atoms with Gasteiger partial charge in [-0.05, 0) is 37.9 Å². The Labute approximate surface area is 149 Å². The zero-order valence-corrected chi connectivity index (χ0v) is 15.3. The fourth-order valence-corrected chi connectivity index (χ4v) is 2.71. The van der Waals surface area contributed by atoms with Crippen LogP contribution in [0.5, 0.6) is 11.5 Å². The molecule has 2 aromatic rings. The lowest BCUT2D eigenvalue weighted by atomic mass is 10.1. The Kier molecular flexibility index (Phi) is 6.98. The number of ether oxygens (including phenoxy) is 2. The fourth-order valence-electron chi connectivity index (χ4n) is 2.71. The van der Waals surface area contributed by atoms with Crippen LogP contribution in [0.4, 0.5) is 0 Å². The van der Waals surface area contributed by atoms with E-state index in [1.807, 2.05) is 32.3 Å². The van der Waals surface area contributed by atoms with Crippen molar-refractivity contribution in [3.8, 4) is 11.5 Å². The molecule has 0 radical (unpaired) electrons. The molecule has 0 aliphatic carbocycles. The maximum absolute atomic E-state index is 12.4. The fraction of sp³-hybridized carbons (Fsp3) is 0.350. The second-order valence-corrected chi connectivity index (χ2v) is 6.01. The highest BCUT2D eigenvalue weighted by molar-refractivity contribution is 5.98. The van der Waals surface area contributed by atoms with E-state index in [4.69, 9.17) is 9.47 Å². The summed E-state index contributed by atoms with van der Waals surface area (Å²) in [6.07, 6.45) is 0. The number of Topliss-reactive ketones (excluding diaryl/α,β-unsaturated/α-hetero) is 1. The van der Waals surface area contributed by atoms with Gasteiger partial charge in [-0.25, -0.2) is 0 Å². The predicted octanol–water partition coefficient (Wildman–Crippen LogP) is 2.78. The van der Waals surface area contributed by atoms with E-state index >= 15 is 0 Å². The molecule has 0 fully saturated rings. The number of benzene rings is 2. The molecule has 0 aliphatic rings. The first kappa shape index (κ1) is 19.0. The first-order valence-corrected chi connectivity index (χ1v) is 8.24. The third kappa shape index (κ3) is 5.05. The Bertz CT molecular complexity index is 687. The van der Waals surface area contributed by atoms with Crippen molar-refractivity contribution in [3.05, 3.63) is 59.7 Å². The molecule has 0 amide bonds. The Morgan fingerprint density at radius 1 is 1.04 bits per heavy atom. The minimum absolute atomic E-state index is 0.0199. The summed E-state index contributed by atoms with van der Waals surface area (Å²) in [5, 5.41) is 3.27. The molecule has 0 saturated carbocycles. The number of nitrogens with one attached hydrogen (secondary N) is 1. The third-order valence-corrected chi connectivity index (χ3v) is 4.14. The number of nitrogens with zero attached hydrogens (tertiary/aromatic N) is 1. The van der Waals surface area contributed by atoms with E-state index in [1.54, 1.807) is 32.4 Å². The summed E-state index contributed by atoms with van der Waals surface area (Å²) in [6, 6.07) is 15.7. The van der Waals surface area contributed by atoms with E-state index < -0.39 is 0 Å². The zero-order chi connectivity index (χ0) is 18.2. The van der Waals surface area contributed by atoms with Crippen LogP contribution in [-0.4, -0.2) is 52.1 Å². The molecule has 0 spiro atoms. The van der Waals surface area contributed by atoms with Gasteiger partial charge in [0.25, 0.3) is 0 Å². The number of hydrogen-bond donors (Lipinski definition) is 1. The average Bonchev–Trinajstić information content (AvgIpc) is 2.64. The molecule has 2 aromatic carbocycles. The van der Waals surface area contributed by atoms with Crippen molar-refractivity contribution in [2.75, 3.05) is 41.4 Å². The maximum Gasteiger partial charge on any atom is 0.176 e. The summed E-state index contributed by atoms with van der Waals surface area (Å²) in [4.78, 5) is 14.6. The monoisotopic (exact) mass is 342 g/mol. The van der Waals surface area contributed by atoms with Gasteiger partial charge in [-0.2, -0.15) is 0 Å². The van der Waals surface area contributed by atoms with Gasteiger partial charge < -0.3 is 19.7 Å². The van der Waals surface area contributed by atoms with Crippen molar-refractivity contribution in [2.24, 2.45) is 0 Å². The highest BCUT2D eigenvalue weighted by Gasteiger charge is 2.15. The molecule has 1 N–H and O–H groups in total. The Morgan fingerprint density at radius 2 is 1.72 bits per heavy atom. The lowest BCUT2D eigenvalue weighted by Gasteiger charge is -2.25. The van der Waals surface area contributed by atoms with Crippen molar-refractivity contribution in [1.29, 1.82) is 0 Å². The van der Waals surface area contributed by atoms with Crippen molar-refractivity contribution < 1.29 is 14.3 Å². The summed E-state index contributed by atoms with van der Waals surface area (Å²) >= 11 is 0. The lowest BCUT2D eigenvalue weighted by Crippen LogP contribution is -2.33. The van der Waals surface area contributed by atoms with Crippen LogP contribution in [0.15, 0.2) is 48.5 Å². The van der Waals surface area contributed by atoms with Gasteiger partial charge in [0.05, 0.1) is 20.8 Å². The number of rotatable bonds is 9. The molecule has 0 bridgehead atoms. The minimum atomic E-state index is 0.0199. The minimum Gasteiger partial charge on any atom is -0.493 e. The van der Waals surface area contributed by atoms with Gasteiger partial charge in [0, 0.05) is 18.2 Å². The highest BCUT2D eigenvalue weighted by atomic mass is 16.5. The van der Waals surface area contributed by atoms with Crippen LogP contribution in [-0.2, 0) is 0 Å². The standard InChI is InChI=1S/C20H26N2O3/c1-22(2)17(15-8-6-5-7-9-15)13-21-14-18(23)16-10-11-19(24-3)20(12-16)25-4/h5-12,17,21H,13-14H2,1-4H3. The molecule has 5 heteroatoms. The van der Waals surface area contributed by atoms with E-state index in [9.17, 15) is 4.79 Å². The van der Waals surface area contributed by atoms with E-state index in [0.717, 1.165) is 0 Å². The van der Waals surface area contributed by atoms with Crippen LogP contribution in [0.3, 0.4) is 0 Å². The lowest BCUT2D eigenvalue weighted by molar-refractivity contribution is 0.0988. The van der Waals surface area contributed by atoms with Gasteiger partial charge in [-0.1, -0.05) is 30.3 Å². The topological polar surface area (TPSA) is 50.8 Å². The Hall–Kier alpha value is -2.37. The Balaban J connectivity index is 1.97. The van der Waals surface area contributed by atoms with Gasteiger partial charge in [0.1, 0.15) is 0 Å². The van der Waals surface area contributed by atoms with Crippen LogP contribution in [0.2, 0.25) is 0 Å². The van der Waals surface area contributed by atoms with Crippen LogP contribution in [0.25, 0.3) is 0 Å². The Morgan fingerprint density at radius 3 is 2.32 bits per heavy atom. The molecule has 1 atom stereocenters. The number of carbonyl (C=O) groups excluding carboxylic acids is 1. The zero-order valence-electron chi connectivity index (χ0n) is 15.3. The maximum atomic E-state index is 12.4. The number of methoxy groups -OCH3 is 2. The van der Waals surface area contributed by atoms with E-state index in [0.29, 0.717) is 23.6 Å². The van der Waals surface area contributed by atoms with Gasteiger partial charge >= 0.3 is 0 Å². The molecule has 0 aliphatic heterocycles. The number of hydrogen-bond acceptors (Lipinski definition) is 5. The van der Waals surface area contributed by atoms with Crippen molar-refractivity contribution in [1.82, 2.24) is 10.2 Å². The molecular weight excluding hydrogens is 316 g/mol.